The number of carbonyl (C=O) groups excluding carboxylic acids is 2. The summed E-state index contributed by atoms with van der Waals surface area (Å²) in [5, 5.41) is 16.0. The third-order valence-electron chi connectivity index (χ3n) is 3.47. The molecule has 0 aromatic heterocycles. The van der Waals surface area contributed by atoms with Crippen LogP contribution in [0.1, 0.15) is 30.6 Å². The van der Waals surface area contributed by atoms with Crippen molar-refractivity contribution in [1.82, 2.24) is 5.01 Å². The second-order valence-electron chi connectivity index (χ2n) is 5.35. The van der Waals surface area contributed by atoms with Crippen LogP contribution in [0.3, 0.4) is 0 Å². The number of rotatable bonds is 3. The Morgan fingerprint density at radius 1 is 1.36 bits per heavy atom. The van der Waals surface area contributed by atoms with Crippen LogP contribution in [0, 0.1) is 5.92 Å². The van der Waals surface area contributed by atoms with E-state index in [1.165, 1.54) is 12.1 Å². The van der Waals surface area contributed by atoms with E-state index in [1.54, 1.807) is 12.1 Å². The quantitative estimate of drug-likeness (QED) is 0.863. The first kappa shape index (κ1) is 16.5. The average Bonchev–Trinajstić information content (AvgIpc) is 2.86. The minimum atomic E-state index is -2.12. The molecule has 1 heterocycles. The molecule has 2 rings (SSSR count). The highest BCUT2D eigenvalue weighted by molar-refractivity contribution is 6.30. The number of carbonyl (C=O) groups is 2. The molecule has 1 aromatic carbocycles. The van der Waals surface area contributed by atoms with Gasteiger partial charge in [0.1, 0.15) is 0 Å². The van der Waals surface area contributed by atoms with Gasteiger partial charge in [0.15, 0.2) is 0 Å². The highest BCUT2D eigenvalue weighted by Crippen LogP contribution is 2.31. The van der Waals surface area contributed by atoms with Gasteiger partial charge in [-0.25, -0.2) is 4.79 Å². The Labute approximate surface area is 133 Å². The van der Waals surface area contributed by atoms with Crippen molar-refractivity contribution in [1.29, 1.82) is 0 Å². The fraction of sp³-hybridized carbons (Fsp3) is 0.400. The zero-order valence-electron chi connectivity index (χ0n) is 12.5. The largest absolute Gasteiger partial charge is 0.465 e. The Bertz CT molecular complexity index is 627. The van der Waals surface area contributed by atoms with Crippen molar-refractivity contribution in [3.63, 3.8) is 0 Å². The molecule has 1 aromatic rings. The van der Waals surface area contributed by atoms with Crippen LogP contribution >= 0.6 is 11.6 Å². The maximum Gasteiger partial charge on any atom is 0.361 e. The number of benzene rings is 1. The first-order valence-corrected chi connectivity index (χ1v) is 7.15. The molecule has 1 aliphatic rings. The minimum Gasteiger partial charge on any atom is -0.465 e. The molecule has 0 bridgehead atoms. The molecule has 22 heavy (non-hydrogen) atoms. The van der Waals surface area contributed by atoms with Gasteiger partial charge in [0.05, 0.1) is 7.11 Å². The van der Waals surface area contributed by atoms with Gasteiger partial charge in [-0.2, -0.15) is 10.1 Å². The number of hydrazone groups is 1. The predicted molar refractivity (Wildman–Crippen MR) is 81.5 cm³/mol. The number of hydrogen-bond acceptors (Lipinski definition) is 5. The summed E-state index contributed by atoms with van der Waals surface area (Å²) in [5.74, 6) is -1.53. The standard InChI is InChI=1S/C15H17ClN2O4/c1-9(2)12-8-15(21,14(20)22-3)18(17-12)13(19)10-4-6-11(16)7-5-10/h4-7,9,21H,8H2,1-3H3/t15-/m1/s1. The molecule has 0 fully saturated rings. The van der Waals surface area contributed by atoms with Gasteiger partial charge in [-0.1, -0.05) is 25.4 Å². The monoisotopic (exact) mass is 324 g/mol. The second-order valence-corrected chi connectivity index (χ2v) is 5.79. The molecule has 1 aliphatic heterocycles. The Balaban J connectivity index is 2.41. The molecule has 7 heteroatoms. The van der Waals surface area contributed by atoms with Gasteiger partial charge in [0.2, 0.25) is 0 Å². The number of hydrogen-bond donors (Lipinski definition) is 1. The Morgan fingerprint density at radius 2 is 1.95 bits per heavy atom. The van der Waals surface area contributed by atoms with Crippen LogP contribution in [0.25, 0.3) is 0 Å². The van der Waals surface area contributed by atoms with Crippen molar-refractivity contribution in [2.45, 2.75) is 26.0 Å². The van der Waals surface area contributed by atoms with Crippen molar-refractivity contribution in [2.24, 2.45) is 11.0 Å². The number of methoxy groups -OCH3 is 1. The first-order chi connectivity index (χ1) is 10.3. The van der Waals surface area contributed by atoms with E-state index in [2.05, 4.69) is 9.84 Å². The van der Waals surface area contributed by atoms with Gasteiger partial charge < -0.3 is 9.84 Å². The fourth-order valence-corrected chi connectivity index (χ4v) is 2.27. The summed E-state index contributed by atoms with van der Waals surface area (Å²) in [7, 11) is 1.15. The van der Waals surface area contributed by atoms with E-state index >= 15 is 0 Å². The molecule has 0 radical (unpaired) electrons. The van der Waals surface area contributed by atoms with Gasteiger partial charge in [-0.05, 0) is 30.2 Å². The lowest BCUT2D eigenvalue weighted by Gasteiger charge is -2.28. The van der Waals surface area contributed by atoms with Crippen LogP contribution in [-0.4, -0.2) is 40.5 Å². The summed E-state index contributed by atoms with van der Waals surface area (Å²) in [6.45, 7) is 3.74. The molecule has 0 saturated carbocycles. The average molecular weight is 325 g/mol. The van der Waals surface area contributed by atoms with Crippen molar-refractivity contribution < 1.29 is 19.4 Å². The molecule has 6 nitrogen and oxygen atoms in total. The van der Waals surface area contributed by atoms with Crippen LogP contribution in [0.2, 0.25) is 5.02 Å². The highest BCUT2D eigenvalue weighted by atomic mass is 35.5. The zero-order chi connectivity index (χ0) is 16.5. The Kier molecular flexibility index (Phi) is 4.53. The normalized spacial score (nSPS) is 21.0. The van der Waals surface area contributed by atoms with Crippen molar-refractivity contribution in [2.75, 3.05) is 7.11 Å². The van der Waals surface area contributed by atoms with E-state index in [1.807, 2.05) is 13.8 Å². The highest BCUT2D eigenvalue weighted by Gasteiger charge is 2.52. The van der Waals surface area contributed by atoms with Crippen molar-refractivity contribution in [3.05, 3.63) is 34.9 Å². The van der Waals surface area contributed by atoms with Gasteiger partial charge in [-0.15, -0.1) is 0 Å². The topological polar surface area (TPSA) is 79.2 Å². The van der Waals surface area contributed by atoms with Crippen LogP contribution in [0.15, 0.2) is 29.4 Å². The molecule has 0 aliphatic carbocycles. The SMILES string of the molecule is COC(=O)[C@]1(O)CC(C(C)C)=NN1C(=O)c1ccc(Cl)cc1. The molecule has 1 atom stereocenters. The summed E-state index contributed by atoms with van der Waals surface area (Å²) < 4.78 is 4.62. The maximum absolute atomic E-state index is 12.6. The first-order valence-electron chi connectivity index (χ1n) is 6.78. The van der Waals surface area contributed by atoms with Crippen molar-refractivity contribution in [3.8, 4) is 0 Å². The summed E-state index contributed by atoms with van der Waals surface area (Å²) in [4.78, 5) is 24.5. The molecule has 1 N–H and O–H groups in total. The van der Waals surface area contributed by atoms with Crippen LogP contribution in [-0.2, 0) is 9.53 Å². The lowest BCUT2D eigenvalue weighted by molar-refractivity contribution is -0.176. The van der Waals surface area contributed by atoms with Gasteiger partial charge in [0.25, 0.3) is 11.6 Å². The minimum absolute atomic E-state index is 0.0146. The number of nitrogens with zero attached hydrogens (tertiary/aromatic N) is 2. The molecular formula is C15H17ClN2O4. The summed E-state index contributed by atoms with van der Waals surface area (Å²) in [6, 6.07) is 6.11. The van der Waals surface area contributed by atoms with E-state index in [0.717, 1.165) is 12.1 Å². The molecule has 1 amide bonds. The van der Waals surface area contributed by atoms with E-state index < -0.39 is 17.6 Å². The molecule has 0 saturated heterocycles. The molecule has 118 valence electrons. The fourth-order valence-electron chi connectivity index (χ4n) is 2.14. The van der Waals surface area contributed by atoms with E-state index in [4.69, 9.17) is 11.6 Å². The lowest BCUT2D eigenvalue weighted by atomic mass is 9.99. The Morgan fingerprint density at radius 3 is 2.45 bits per heavy atom. The van der Waals surface area contributed by atoms with Crippen LogP contribution in [0.4, 0.5) is 0 Å². The molecule has 0 spiro atoms. The number of aliphatic hydroxyl groups is 1. The van der Waals surface area contributed by atoms with Crippen molar-refractivity contribution >= 4 is 29.2 Å². The van der Waals surface area contributed by atoms with E-state index in [-0.39, 0.29) is 17.9 Å². The summed E-state index contributed by atoms with van der Waals surface area (Å²) >= 11 is 5.79. The lowest BCUT2D eigenvalue weighted by Crippen LogP contribution is -2.52. The van der Waals surface area contributed by atoms with Crippen LogP contribution < -0.4 is 0 Å². The second kappa shape index (κ2) is 6.06. The summed E-state index contributed by atoms with van der Waals surface area (Å²) in [5.41, 5.74) is -1.30. The van der Waals surface area contributed by atoms with Gasteiger partial charge >= 0.3 is 5.97 Å². The van der Waals surface area contributed by atoms with Gasteiger partial charge in [-0.3, -0.25) is 4.79 Å². The zero-order valence-corrected chi connectivity index (χ0v) is 13.3. The van der Waals surface area contributed by atoms with Gasteiger partial charge in [0, 0.05) is 22.7 Å². The summed E-state index contributed by atoms with van der Waals surface area (Å²) in [6.07, 6.45) is -0.0727. The smallest absolute Gasteiger partial charge is 0.361 e. The number of ether oxygens (including phenoxy) is 1. The van der Waals surface area contributed by atoms with E-state index in [0.29, 0.717) is 10.7 Å². The predicted octanol–water partition coefficient (Wildman–Crippen LogP) is 2.06. The molecule has 0 unspecified atom stereocenters. The molecular weight excluding hydrogens is 308 g/mol. The Hall–Kier alpha value is -1.92. The van der Waals surface area contributed by atoms with Crippen LogP contribution in [0.5, 0.6) is 0 Å². The third kappa shape index (κ3) is 2.84. The number of halogens is 1. The number of amides is 1. The third-order valence-corrected chi connectivity index (χ3v) is 3.72. The number of esters is 1. The maximum atomic E-state index is 12.6. The van der Waals surface area contributed by atoms with E-state index in [9.17, 15) is 14.7 Å².